The lowest BCUT2D eigenvalue weighted by Crippen LogP contribution is -1.89. The molecule has 0 aliphatic heterocycles. The zero-order chi connectivity index (χ0) is 9.80. The molecule has 0 unspecified atom stereocenters. The van der Waals surface area contributed by atoms with E-state index in [-0.39, 0.29) is 0 Å². The monoisotopic (exact) mass is 203 g/mol. The molecule has 0 bridgehead atoms. The topological polar surface area (TPSA) is 51.8 Å². The number of rotatable bonds is 2. The minimum atomic E-state index is 0.545. The first-order valence-corrected chi connectivity index (χ1v) is 4.97. The molecule has 0 fully saturated rings. The van der Waals surface area contributed by atoms with E-state index >= 15 is 0 Å². The molecule has 2 heterocycles. The molecule has 0 amide bonds. The van der Waals surface area contributed by atoms with Gasteiger partial charge < -0.3 is 5.73 Å². The maximum absolute atomic E-state index is 5.58. The van der Waals surface area contributed by atoms with Gasteiger partial charge in [0.25, 0.3) is 0 Å². The molecule has 0 radical (unpaired) electrons. The lowest BCUT2D eigenvalue weighted by atomic mass is 10.5. The van der Waals surface area contributed by atoms with Crippen LogP contribution in [0, 0.1) is 0 Å². The Morgan fingerprint density at radius 2 is 1.86 bits per heavy atom. The number of nitrogen functional groups attached to an aromatic ring is 1. The van der Waals surface area contributed by atoms with Gasteiger partial charge in [0.15, 0.2) is 0 Å². The van der Waals surface area contributed by atoms with Crippen molar-refractivity contribution in [3.8, 4) is 0 Å². The number of hydrogen-bond acceptors (Lipinski definition) is 4. The second-order valence-electron chi connectivity index (χ2n) is 2.69. The van der Waals surface area contributed by atoms with Gasteiger partial charge in [0, 0.05) is 17.3 Å². The van der Waals surface area contributed by atoms with Crippen LogP contribution in [0.25, 0.3) is 0 Å². The zero-order valence-corrected chi connectivity index (χ0v) is 8.24. The lowest BCUT2D eigenvalue weighted by Gasteiger charge is -2.00. The summed E-state index contributed by atoms with van der Waals surface area (Å²) in [6.07, 6.45) is 3.52. The van der Waals surface area contributed by atoms with Gasteiger partial charge >= 0.3 is 0 Å². The molecule has 0 aliphatic carbocycles. The molecule has 14 heavy (non-hydrogen) atoms. The van der Waals surface area contributed by atoms with Crippen molar-refractivity contribution in [1.29, 1.82) is 0 Å². The Labute approximate surface area is 86.4 Å². The highest BCUT2D eigenvalue weighted by atomic mass is 32.2. The van der Waals surface area contributed by atoms with Gasteiger partial charge in [-0.2, -0.15) is 0 Å². The summed E-state index contributed by atoms with van der Waals surface area (Å²) in [6.45, 7) is 0. The van der Waals surface area contributed by atoms with Crippen LogP contribution >= 0.6 is 11.8 Å². The Balaban J connectivity index is 2.19. The first-order chi connectivity index (χ1) is 6.84. The molecule has 2 rings (SSSR count). The standard InChI is InChI=1S/C10H9N3S/c11-9-2-1-3-10(13-9)14-8-4-6-12-7-5-8/h1-7H,(H2,11,13). The normalized spacial score (nSPS) is 10.0. The fourth-order valence-corrected chi connectivity index (χ4v) is 1.81. The molecule has 3 nitrogen and oxygen atoms in total. The largest absolute Gasteiger partial charge is 0.384 e. The Hall–Kier alpha value is -1.55. The van der Waals surface area contributed by atoms with Crippen LogP contribution in [0.1, 0.15) is 0 Å². The van der Waals surface area contributed by atoms with Gasteiger partial charge in [-0.3, -0.25) is 4.98 Å². The van der Waals surface area contributed by atoms with E-state index < -0.39 is 0 Å². The Morgan fingerprint density at radius 3 is 2.57 bits per heavy atom. The number of anilines is 1. The van der Waals surface area contributed by atoms with Gasteiger partial charge in [-0.25, -0.2) is 4.98 Å². The summed E-state index contributed by atoms with van der Waals surface area (Å²) in [5.74, 6) is 0.545. The summed E-state index contributed by atoms with van der Waals surface area (Å²) in [5, 5.41) is 0.899. The minimum Gasteiger partial charge on any atom is -0.384 e. The molecule has 0 aromatic carbocycles. The molecule has 4 heteroatoms. The highest BCUT2D eigenvalue weighted by Crippen LogP contribution is 2.25. The average Bonchev–Trinajstić information content (AvgIpc) is 2.19. The van der Waals surface area contributed by atoms with Crippen molar-refractivity contribution in [3.63, 3.8) is 0 Å². The van der Waals surface area contributed by atoms with Crippen LogP contribution in [0.4, 0.5) is 5.82 Å². The van der Waals surface area contributed by atoms with E-state index in [1.54, 1.807) is 30.2 Å². The number of aromatic nitrogens is 2. The van der Waals surface area contributed by atoms with Gasteiger partial charge in [0.2, 0.25) is 0 Å². The first kappa shape index (κ1) is 9.02. The summed E-state index contributed by atoms with van der Waals surface area (Å²) in [5.41, 5.74) is 5.58. The summed E-state index contributed by atoms with van der Waals surface area (Å²) in [4.78, 5) is 9.24. The third-order valence-corrected chi connectivity index (χ3v) is 2.56. The molecule has 0 spiro atoms. The number of pyridine rings is 2. The Kier molecular flexibility index (Phi) is 2.65. The third-order valence-electron chi connectivity index (χ3n) is 1.62. The van der Waals surface area contributed by atoms with E-state index in [4.69, 9.17) is 5.73 Å². The van der Waals surface area contributed by atoms with Gasteiger partial charge in [0.05, 0.1) is 0 Å². The molecular weight excluding hydrogens is 194 g/mol. The van der Waals surface area contributed by atoms with E-state index in [0.717, 1.165) is 9.92 Å². The van der Waals surface area contributed by atoms with E-state index in [9.17, 15) is 0 Å². The molecule has 2 aromatic heterocycles. The Bertz CT molecular complexity index is 417. The van der Waals surface area contributed by atoms with E-state index in [1.165, 1.54) is 0 Å². The number of nitrogens with zero attached hydrogens (tertiary/aromatic N) is 2. The highest BCUT2D eigenvalue weighted by molar-refractivity contribution is 7.99. The average molecular weight is 203 g/mol. The van der Waals surface area contributed by atoms with Crippen molar-refractivity contribution in [2.24, 2.45) is 0 Å². The van der Waals surface area contributed by atoms with E-state index in [0.29, 0.717) is 5.82 Å². The van der Waals surface area contributed by atoms with Crippen molar-refractivity contribution in [2.45, 2.75) is 9.92 Å². The first-order valence-electron chi connectivity index (χ1n) is 4.15. The van der Waals surface area contributed by atoms with E-state index in [1.807, 2.05) is 24.3 Å². The van der Waals surface area contributed by atoms with E-state index in [2.05, 4.69) is 9.97 Å². The molecule has 2 N–H and O–H groups in total. The molecule has 0 atom stereocenters. The zero-order valence-electron chi connectivity index (χ0n) is 7.42. The molecule has 0 saturated heterocycles. The predicted octanol–water partition coefficient (Wildman–Crippen LogP) is 2.21. The number of nitrogens with two attached hydrogens (primary N) is 1. The molecule has 0 aliphatic rings. The van der Waals surface area contributed by atoms with Crippen LogP contribution in [0.2, 0.25) is 0 Å². The van der Waals surface area contributed by atoms with Crippen LogP contribution in [0.15, 0.2) is 52.6 Å². The number of hydrogen-bond donors (Lipinski definition) is 1. The second kappa shape index (κ2) is 4.11. The fraction of sp³-hybridized carbons (Fsp3) is 0. The predicted molar refractivity (Wildman–Crippen MR) is 57.0 cm³/mol. The van der Waals surface area contributed by atoms with Crippen LogP contribution < -0.4 is 5.73 Å². The third kappa shape index (κ3) is 2.23. The quantitative estimate of drug-likeness (QED) is 0.813. The molecular formula is C10H9N3S. The van der Waals surface area contributed by atoms with Gasteiger partial charge in [0.1, 0.15) is 10.8 Å². The molecule has 70 valence electrons. The van der Waals surface area contributed by atoms with Crippen molar-refractivity contribution < 1.29 is 0 Å². The van der Waals surface area contributed by atoms with Crippen molar-refractivity contribution in [3.05, 3.63) is 42.7 Å². The SMILES string of the molecule is Nc1cccc(Sc2ccncc2)n1. The van der Waals surface area contributed by atoms with Gasteiger partial charge in [-0.05, 0) is 24.3 Å². The summed E-state index contributed by atoms with van der Waals surface area (Å²) >= 11 is 1.57. The highest BCUT2D eigenvalue weighted by Gasteiger charge is 1.97. The van der Waals surface area contributed by atoms with Crippen molar-refractivity contribution >= 4 is 17.6 Å². The summed E-state index contributed by atoms with van der Waals surface area (Å²) < 4.78 is 0. The summed E-state index contributed by atoms with van der Waals surface area (Å²) in [7, 11) is 0. The lowest BCUT2D eigenvalue weighted by molar-refractivity contribution is 1.14. The second-order valence-corrected chi connectivity index (χ2v) is 3.78. The maximum atomic E-state index is 5.58. The van der Waals surface area contributed by atoms with Crippen LogP contribution in [-0.2, 0) is 0 Å². The van der Waals surface area contributed by atoms with Gasteiger partial charge in [-0.15, -0.1) is 0 Å². The summed E-state index contributed by atoms with van der Waals surface area (Å²) in [6, 6.07) is 9.48. The van der Waals surface area contributed by atoms with Crippen molar-refractivity contribution in [2.75, 3.05) is 5.73 Å². The molecule has 0 saturated carbocycles. The van der Waals surface area contributed by atoms with Crippen molar-refractivity contribution in [1.82, 2.24) is 9.97 Å². The smallest absolute Gasteiger partial charge is 0.124 e. The fourth-order valence-electron chi connectivity index (χ4n) is 1.01. The molecule has 2 aromatic rings. The Morgan fingerprint density at radius 1 is 1.07 bits per heavy atom. The van der Waals surface area contributed by atoms with Gasteiger partial charge in [-0.1, -0.05) is 17.8 Å². The maximum Gasteiger partial charge on any atom is 0.124 e. The minimum absolute atomic E-state index is 0.545. The van der Waals surface area contributed by atoms with Crippen LogP contribution in [0.3, 0.4) is 0 Å². The van der Waals surface area contributed by atoms with Crippen LogP contribution in [-0.4, -0.2) is 9.97 Å². The van der Waals surface area contributed by atoms with Crippen LogP contribution in [0.5, 0.6) is 0 Å².